The molecule has 0 aromatic heterocycles. The summed E-state index contributed by atoms with van der Waals surface area (Å²) in [6, 6.07) is 0. The Hall–Kier alpha value is -0.970. The molecular weight excluding hydrogens is 348 g/mol. The highest BCUT2D eigenvalue weighted by Gasteiger charge is 2.41. The minimum absolute atomic E-state index is 0.0995. The largest absolute Gasteiger partial charge is 0.391 e. The Morgan fingerprint density at radius 3 is 2.33 bits per heavy atom. The van der Waals surface area contributed by atoms with Crippen molar-refractivity contribution in [2.45, 2.75) is 79.2 Å². The fraction of sp³-hybridized carbons (Fsp3) is 0.857. The van der Waals surface area contributed by atoms with Crippen molar-refractivity contribution in [3.05, 3.63) is 0 Å². The van der Waals surface area contributed by atoms with Gasteiger partial charge in [0.1, 0.15) is 6.10 Å². The van der Waals surface area contributed by atoms with Crippen LogP contribution in [-0.2, 0) is 23.7 Å². The highest BCUT2D eigenvalue weighted by atomic mass is 16.7. The third-order valence-corrected chi connectivity index (χ3v) is 5.22. The van der Waals surface area contributed by atoms with E-state index < -0.39 is 30.2 Å². The standard InChI is InChI=1S/C21H36O6/c1-8-10-14(3)19(23)16(5)20(27-17(6)24-9-2)18(22)13-15(4)21(7)25-11-12-26-21/h14-17,19-20,23H,9,11-13H2,1-7H3/t14-,15?,16-,17?,19-,20+/m1/s1. The van der Waals surface area contributed by atoms with Gasteiger partial charge in [0, 0.05) is 30.8 Å². The third kappa shape index (κ3) is 6.85. The average molecular weight is 385 g/mol. The Labute approximate surface area is 163 Å². The average Bonchev–Trinajstić information content (AvgIpc) is 3.06. The molecular formula is C21H36O6. The second-order valence-corrected chi connectivity index (χ2v) is 7.40. The van der Waals surface area contributed by atoms with Crippen molar-refractivity contribution in [2.75, 3.05) is 19.8 Å². The number of ketones is 1. The Bertz CT molecular complexity index is 517. The van der Waals surface area contributed by atoms with Gasteiger partial charge in [0.2, 0.25) is 0 Å². The van der Waals surface area contributed by atoms with Crippen molar-refractivity contribution in [2.24, 2.45) is 17.8 Å². The molecule has 1 saturated heterocycles. The fourth-order valence-corrected chi connectivity index (χ4v) is 3.34. The van der Waals surface area contributed by atoms with E-state index in [0.29, 0.717) is 19.8 Å². The van der Waals surface area contributed by atoms with Crippen molar-refractivity contribution >= 4 is 5.78 Å². The molecule has 1 aliphatic rings. The lowest BCUT2D eigenvalue weighted by Gasteiger charge is -2.33. The molecule has 6 atom stereocenters. The first-order valence-corrected chi connectivity index (χ1v) is 9.84. The zero-order valence-electron chi connectivity index (χ0n) is 17.8. The minimum atomic E-state index is -0.796. The van der Waals surface area contributed by atoms with Crippen molar-refractivity contribution in [3.63, 3.8) is 0 Å². The Balaban J connectivity index is 2.91. The summed E-state index contributed by atoms with van der Waals surface area (Å²) in [5.41, 5.74) is 0. The van der Waals surface area contributed by atoms with Crippen LogP contribution < -0.4 is 0 Å². The van der Waals surface area contributed by atoms with Gasteiger partial charge in [-0.05, 0) is 34.6 Å². The Kier molecular flexibility index (Phi) is 9.92. The number of hydrogen-bond donors (Lipinski definition) is 1. The molecule has 0 saturated carbocycles. The lowest BCUT2D eigenvalue weighted by atomic mass is 9.84. The topological polar surface area (TPSA) is 74.2 Å². The first-order valence-electron chi connectivity index (χ1n) is 9.84. The van der Waals surface area contributed by atoms with Crippen LogP contribution in [0.15, 0.2) is 0 Å². The highest BCUT2D eigenvalue weighted by Crippen LogP contribution is 2.32. The lowest BCUT2D eigenvalue weighted by molar-refractivity contribution is -0.195. The van der Waals surface area contributed by atoms with Crippen molar-refractivity contribution in [3.8, 4) is 11.8 Å². The summed E-state index contributed by atoms with van der Waals surface area (Å²) in [5, 5.41) is 10.7. The van der Waals surface area contributed by atoms with Gasteiger partial charge in [0.15, 0.2) is 17.9 Å². The van der Waals surface area contributed by atoms with Crippen molar-refractivity contribution in [1.82, 2.24) is 0 Å². The number of aliphatic hydroxyl groups excluding tert-OH is 1. The Morgan fingerprint density at radius 1 is 1.22 bits per heavy atom. The second kappa shape index (κ2) is 11.1. The summed E-state index contributed by atoms with van der Waals surface area (Å²) >= 11 is 0. The summed E-state index contributed by atoms with van der Waals surface area (Å²) in [7, 11) is 0. The van der Waals surface area contributed by atoms with Gasteiger partial charge < -0.3 is 24.1 Å². The van der Waals surface area contributed by atoms with Gasteiger partial charge in [-0.2, -0.15) is 0 Å². The molecule has 156 valence electrons. The van der Waals surface area contributed by atoms with Crippen molar-refractivity contribution < 1.29 is 28.8 Å². The van der Waals surface area contributed by atoms with Gasteiger partial charge in [-0.1, -0.05) is 19.8 Å². The highest BCUT2D eigenvalue weighted by molar-refractivity contribution is 5.83. The minimum Gasteiger partial charge on any atom is -0.391 e. The van der Waals surface area contributed by atoms with E-state index in [1.54, 1.807) is 13.8 Å². The zero-order chi connectivity index (χ0) is 20.6. The number of rotatable bonds is 11. The number of carbonyl (C=O) groups excluding carboxylic acids is 1. The summed E-state index contributed by atoms with van der Waals surface area (Å²) in [5.74, 6) is 4.07. The maximum absolute atomic E-state index is 13.1. The molecule has 1 N–H and O–H groups in total. The van der Waals surface area contributed by atoms with Crippen LogP contribution in [0, 0.1) is 29.6 Å². The van der Waals surface area contributed by atoms with Gasteiger partial charge in [0.25, 0.3) is 0 Å². The monoisotopic (exact) mass is 384 g/mol. The van der Waals surface area contributed by atoms with Gasteiger partial charge in [-0.3, -0.25) is 4.79 Å². The molecule has 0 aliphatic carbocycles. The van der Waals surface area contributed by atoms with Crippen LogP contribution in [0.4, 0.5) is 0 Å². The molecule has 6 nitrogen and oxygen atoms in total. The summed E-state index contributed by atoms with van der Waals surface area (Å²) < 4.78 is 22.7. The smallest absolute Gasteiger partial charge is 0.168 e. The molecule has 0 spiro atoms. The van der Waals surface area contributed by atoms with Gasteiger partial charge in [0.05, 0.1) is 19.3 Å². The second-order valence-electron chi connectivity index (χ2n) is 7.40. The maximum atomic E-state index is 13.1. The van der Waals surface area contributed by atoms with Gasteiger partial charge >= 0.3 is 0 Å². The van der Waals surface area contributed by atoms with Crippen molar-refractivity contribution in [1.29, 1.82) is 0 Å². The van der Waals surface area contributed by atoms with Crippen LogP contribution in [0.1, 0.15) is 54.9 Å². The van der Waals surface area contributed by atoms with Gasteiger partial charge in [-0.25, -0.2) is 0 Å². The predicted molar refractivity (Wildman–Crippen MR) is 103 cm³/mol. The molecule has 2 unspecified atom stereocenters. The van der Waals surface area contributed by atoms with Gasteiger partial charge in [-0.15, -0.1) is 5.92 Å². The number of hydrogen-bond acceptors (Lipinski definition) is 6. The van der Waals surface area contributed by atoms with E-state index in [9.17, 15) is 9.90 Å². The Morgan fingerprint density at radius 2 is 1.81 bits per heavy atom. The maximum Gasteiger partial charge on any atom is 0.168 e. The number of ether oxygens (including phenoxy) is 4. The van der Waals surface area contributed by atoms with Crippen LogP contribution >= 0.6 is 0 Å². The predicted octanol–water partition coefficient (Wildman–Crippen LogP) is 2.77. The molecule has 6 heteroatoms. The lowest BCUT2D eigenvalue weighted by Crippen LogP contribution is -2.44. The molecule has 1 fully saturated rings. The van der Waals surface area contributed by atoms with Crippen LogP contribution in [0.2, 0.25) is 0 Å². The third-order valence-electron chi connectivity index (χ3n) is 5.22. The first kappa shape index (κ1) is 24.1. The van der Waals surface area contributed by atoms with E-state index >= 15 is 0 Å². The number of carbonyl (C=O) groups is 1. The van der Waals surface area contributed by atoms with E-state index in [1.807, 2.05) is 34.6 Å². The zero-order valence-corrected chi connectivity index (χ0v) is 17.8. The summed E-state index contributed by atoms with van der Waals surface area (Å²) in [6.07, 6.45) is -1.90. The summed E-state index contributed by atoms with van der Waals surface area (Å²) in [6.45, 7) is 14.3. The number of aliphatic hydroxyl groups is 1. The molecule has 27 heavy (non-hydrogen) atoms. The molecule has 1 rings (SSSR count). The van der Waals surface area contributed by atoms with E-state index in [0.717, 1.165) is 0 Å². The summed E-state index contributed by atoms with van der Waals surface area (Å²) in [4.78, 5) is 13.1. The van der Waals surface area contributed by atoms with Crippen LogP contribution in [0.3, 0.4) is 0 Å². The molecule has 1 heterocycles. The van der Waals surface area contributed by atoms with E-state index in [1.165, 1.54) is 0 Å². The van der Waals surface area contributed by atoms with E-state index in [2.05, 4.69) is 11.8 Å². The molecule has 0 bridgehead atoms. The van der Waals surface area contributed by atoms with Crippen LogP contribution in [0.25, 0.3) is 0 Å². The van der Waals surface area contributed by atoms with Crippen LogP contribution in [-0.4, -0.2) is 55.0 Å². The SMILES string of the molecule is CC#C[C@@H](C)[C@@H](O)[C@@H](C)[C@H](OC(C)OCC)C(=O)CC(C)C1(C)OCCO1. The molecule has 0 amide bonds. The molecule has 1 aliphatic heterocycles. The fourth-order valence-electron chi connectivity index (χ4n) is 3.34. The normalized spacial score (nSPS) is 22.8. The van der Waals surface area contributed by atoms with E-state index in [-0.39, 0.29) is 24.0 Å². The first-order chi connectivity index (χ1) is 12.7. The molecule has 0 radical (unpaired) electrons. The quantitative estimate of drug-likeness (QED) is 0.436. The molecule has 0 aromatic rings. The van der Waals surface area contributed by atoms with E-state index in [4.69, 9.17) is 18.9 Å². The molecule has 0 aromatic carbocycles. The number of Topliss-reactive ketones (excluding diaryl/α,β-unsaturated/α-hetero) is 1. The van der Waals surface area contributed by atoms with Crippen LogP contribution in [0.5, 0.6) is 0 Å².